The first-order chi connectivity index (χ1) is 6.43. The number of para-hydroxylation sites is 1. The Balaban J connectivity index is 3.22. The van der Waals surface area contributed by atoms with Crippen LogP contribution in [0.2, 0.25) is 0 Å². The van der Waals surface area contributed by atoms with E-state index in [4.69, 9.17) is 4.55 Å². The Bertz CT molecular complexity index is 426. The van der Waals surface area contributed by atoms with Gasteiger partial charge >= 0.3 is 10.3 Å². The Morgan fingerprint density at radius 1 is 1.29 bits per heavy atom. The second kappa shape index (κ2) is 3.77. The lowest BCUT2D eigenvalue weighted by Gasteiger charge is -2.16. The molecule has 0 saturated carbocycles. The first-order valence-electron chi connectivity index (χ1n) is 3.76. The van der Waals surface area contributed by atoms with E-state index >= 15 is 0 Å². The third kappa shape index (κ3) is 2.30. The van der Waals surface area contributed by atoms with E-state index in [2.05, 4.69) is 0 Å². The van der Waals surface area contributed by atoms with Gasteiger partial charge < -0.3 is 0 Å². The number of carbonyl (C=O) groups excluding carboxylic acids is 1. The van der Waals surface area contributed by atoms with Crippen molar-refractivity contribution in [3.05, 3.63) is 30.3 Å². The molecule has 6 heteroatoms. The fraction of sp³-hybridized carbons (Fsp3) is 0.125. The highest BCUT2D eigenvalue weighted by Crippen LogP contribution is 2.16. The maximum absolute atomic E-state index is 11.0. The van der Waals surface area contributed by atoms with Gasteiger partial charge in [0.15, 0.2) is 0 Å². The van der Waals surface area contributed by atoms with Crippen LogP contribution in [0.3, 0.4) is 0 Å². The molecular weight excluding hydrogens is 206 g/mol. The SMILES string of the molecule is CC(=O)N(c1ccccc1)S(=O)(=O)O. The van der Waals surface area contributed by atoms with Gasteiger partial charge in [-0.1, -0.05) is 18.2 Å². The fourth-order valence-electron chi connectivity index (χ4n) is 1.04. The maximum Gasteiger partial charge on any atom is 0.366 e. The smallest absolute Gasteiger partial charge is 0.274 e. The van der Waals surface area contributed by atoms with E-state index < -0.39 is 16.2 Å². The summed E-state index contributed by atoms with van der Waals surface area (Å²) in [4.78, 5) is 11.0. The van der Waals surface area contributed by atoms with Crippen molar-refractivity contribution >= 4 is 21.9 Å². The maximum atomic E-state index is 11.0. The van der Waals surface area contributed by atoms with Gasteiger partial charge in [-0.15, -0.1) is 0 Å². The Morgan fingerprint density at radius 2 is 1.79 bits per heavy atom. The van der Waals surface area contributed by atoms with Gasteiger partial charge in [0.1, 0.15) is 0 Å². The molecule has 0 heterocycles. The standard InChI is InChI=1S/C8H9NO4S/c1-7(10)9(14(11,12)13)8-5-3-2-4-6-8/h2-6H,1H3,(H,11,12,13). The predicted octanol–water partition coefficient (Wildman–Crippen LogP) is 0.842. The third-order valence-corrected chi connectivity index (χ3v) is 2.44. The van der Waals surface area contributed by atoms with Crippen LogP contribution in [0.4, 0.5) is 5.69 Å². The molecule has 0 bridgehead atoms. The Kier molecular flexibility index (Phi) is 2.87. The quantitative estimate of drug-likeness (QED) is 0.742. The zero-order valence-electron chi connectivity index (χ0n) is 7.41. The minimum absolute atomic E-state index is 0.113. The molecule has 0 atom stereocenters. The molecule has 0 spiro atoms. The second-order valence-corrected chi connectivity index (χ2v) is 3.86. The monoisotopic (exact) mass is 215 g/mol. The van der Waals surface area contributed by atoms with Gasteiger partial charge in [-0.3, -0.25) is 9.35 Å². The fourth-order valence-corrected chi connectivity index (χ4v) is 1.75. The number of nitrogens with zero attached hydrogens (tertiary/aromatic N) is 1. The lowest BCUT2D eigenvalue weighted by atomic mass is 10.3. The average Bonchev–Trinajstić information content (AvgIpc) is 2.02. The lowest BCUT2D eigenvalue weighted by Crippen LogP contribution is -2.34. The van der Waals surface area contributed by atoms with Crippen LogP contribution in [0.25, 0.3) is 0 Å². The van der Waals surface area contributed by atoms with Crippen molar-refractivity contribution < 1.29 is 17.8 Å². The summed E-state index contributed by atoms with van der Waals surface area (Å²) >= 11 is 0. The highest BCUT2D eigenvalue weighted by molar-refractivity contribution is 7.88. The van der Waals surface area contributed by atoms with E-state index in [0.29, 0.717) is 4.31 Å². The number of carbonyl (C=O) groups is 1. The largest absolute Gasteiger partial charge is 0.366 e. The van der Waals surface area contributed by atoms with Crippen molar-refractivity contribution in [2.45, 2.75) is 6.92 Å². The summed E-state index contributed by atoms with van der Waals surface area (Å²) in [6.07, 6.45) is 0. The minimum Gasteiger partial charge on any atom is -0.274 e. The van der Waals surface area contributed by atoms with Gasteiger partial charge in [-0.05, 0) is 12.1 Å². The third-order valence-electron chi connectivity index (χ3n) is 1.51. The molecule has 1 N–H and O–H groups in total. The Hall–Kier alpha value is -1.40. The molecule has 1 rings (SSSR count). The first-order valence-corrected chi connectivity index (χ1v) is 5.16. The lowest BCUT2D eigenvalue weighted by molar-refractivity contribution is -0.115. The summed E-state index contributed by atoms with van der Waals surface area (Å²) < 4.78 is 30.8. The summed E-state index contributed by atoms with van der Waals surface area (Å²) in [6.45, 7) is 1.06. The Morgan fingerprint density at radius 3 is 2.14 bits per heavy atom. The molecule has 0 unspecified atom stereocenters. The molecule has 0 radical (unpaired) electrons. The predicted molar refractivity (Wildman–Crippen MR) is 51.2 cm³/mol. The van der Waals surface area contributed by atoms with Crippen LogP contribution < -0.4 is 4.31 Å². The highest BCUT2D eigenvalue weighted by Gasteiger charge is 2.23. The topological polar surface area (TPSA) is 74.7 Å². The van der Waals surface area contributed by atoms with E-state index in [-0.39, 0.29) is 5.69 Å². The van der Waals surface area contributed by atoms with Crippen molar-refractivity contribution in [2.24, 2.45) is 0 Å². The van der Waals surface area contributed by atoms with Crippen LogP contribution >= 0.6 is 0 Å². The molecule has 0 saturated heterocycles. The molecule has 1 aromatic rings. The summed E-state index contributed by atoms with van der Waals surface area (Å²) in [5.41, 5.74) is 0.113. The van der Waals surface area contributed by atoms with E-state index in [1.807, 2.05) is 0 Å². The number of hydrogen-bond donors (Lipinski definition) is 1. The van der Waals surface area contributed by atoms with Crippen LogP contribution in [0.15, 0.2) is 30.3 Å². The number of anilines is 1. The summed E-state index contributed by atoms with van der Waals surface area (Å²) in [5, 5.41) is 0. The minimum atomic E-state index is -4.53. The van der Waals surface area contributed by atoms with Crippen LogP contribution in [-0.2, 0) is 15.1 Å². The second-order valence-electron chi connectivity index (χ2n) is 2.60. The van der Waals surface area contributed by atoms with Crippen molar-refractivity contribution in [1.29, 1.82) is 0 Å². The summed E-state index contributed by atoms with van der Waals surface area (Å²) in [5.74, 6) is -0.765. The van der Waals surface area contributed by atoms with E-state index in [1.54, 1.807) is 18.2 Å². The van der Waals surface area contributed by atoms with Crippen molar-refractivity contribution in [1.82, 2.24) is 0 Å². The van der Waals surface area contributed by atoms with E-state index in [1.165, 1.54) is 12.1 Å². The zero-order chi connectivity index (χ0) is 10.8. The molecule has 1 aromatic carbocycles. The van der Waals surface area contributed by atoms with Gasteiger partial charge in [-0.2, -0.15) is 12.7 Å². The first kappa shape index (κ1) is 10.7. The number of amides is 1. The molecule has 0 aliphatic heterocycles. The molecule has 5 nitrogen and oxygen atoms in total. The molecule has 0 fully saturated rings. The van der Waals surface area contributed by atoms with E-state index in [9.17, 15) is 13.2 Å². The van der Waals surface area contributed by atoms with Crippen molar-refractivity contribution in [2.75, 3.05) is 4.31 Å². The highest BCUT2D eigenvalue weighted by atomic mass is 32.2. The van der Waals surface area contributed by atoms with Gasteiger partial charge in [0.25, 0.3) is 0 Å². The Labute approximate surface area is 81.8 Å². The van der Waals surface area contributed by atoms with Crippen molar-refractivity contribution in [3.8, 4) is 0 Å². The van der Waals surface area contributed by atoms with E-state index in [0.717, 1.165) is 6.92 Å². The molecular formula is C8H9NO4S. The van der Waals surface area contributed by atoms with Gasteiger partial charge in [-0.25, -0.2) is 0 Å². The van der Waals surface area contributed by atoms with Crippen LogP contribution in [0, 0.1) is 0 Å². The molecule has 0 aromatic heterocycles. The summed E-state index contributed by atoms with van der Waals surface area (Å²) in [7, 11) is -4.53. The average molecular weight is 215 g/mol. The normalized spacial score (nSPS) is 11.0. The molecule has 0 aliphatic carbocycles. The van der Waals surface area contributed by atoms with Crippen LogP contribution in [0.1, 0.15) is 6.92 Å². The summed E-state index contributed by atoms with van der Waals surface area (Å²) in [6, 6.07) is 7.63. The van der Waals surface area contributed by atoms with Crippen molar-refractivity contribution in [3.63, 3.8) is 0 Å². The number of hydrogen-bond acceptors (Lipinski definition) is 3. The van der Waals surface area contributed by atoms with Crippen LogP contribution in [-0.4, -0.2) is 18.9 Å². The van der Waals surface area contributed by atoms with Gasteiger partial charge in [0.2, 0.25) is 5.91 Å². The molecule has 14 heavy (non-hydrogen) atoms. The molecule has 0 aliphatic rings. The molecule has 76 valence electrons. The molecule has 1 amide bonds. The number of rotatable bonds is 2. The zero-order valence-corrected chi connectivity index (χ0v) is 8.23. The number of benzene rings is 1. The van der Waals surface area contributed by atoms with Gasteiger partial charge in [0.05, 0.1) is 5.69 Å². The van der Waals surface area contributed by atoms with Crippen LogP contribution in [0.5, 0.6) is 0 Å². The van der Waals surface area contributed by atoms with Gasteiger partial charge in [0, 0.05) is 6.92 Å².